The van der Waals surface area contributed by atoms with E-state index in [0.29, 0.717) is 17.1 Å². The molecule has 10 heteroatoms. The lowest BCUT2D eigenvalue weighted by Crippen LogP contribution is -2.12. The molecule has 2 heterocycles. The summed E-state index contributed by atoms with van der Waals surface area (Å²) in [4.78, 5) is 25.6. The summed E-state index contributed by atoms with van der Waals surface area (Å²) in [5.41, 5.74) is 0.393. The van der Waals surface area contributed by atoms with Gasteiger partial charge < -0.3 is 19.6 Å². The lowest BCUT2D eigenvalue weighted by atomic mass is 10.1. The maximum Gasteiger partial charge on any atom is 0.492 e. The molecule has 0 saturated carbocycles. The van der Waals surface area contributed by atoms with Crippen LogP contribution < -0.4 is 9.47 Å². The van der Waals surface area contributed by atoms with Crippen LogP contribution in [-0.2, 0) is 6.54 Å². The van der Waals surface area contributed by atoms with Crippen molar-refractivity contribution in [2.45, 2.75) is 6.54 Å². The van der Waals surface area contributed by atoms with E-state index < -0.39 is 10.9 Å². The highest BCUT2D eigenvalue weighted by Gasteiger charge is 2.23. The number of nitro groups is 1. The van der Waals surface area contributed by atoms with E-state index in [1.165, 1.54) is 0 Å². The first-order valence-electron chi connectivity index (χ1n) is 5.72. The summed E-state index contributed by atoms with van der Waals surface area (Å²) in [5.74, 6) is 0.211. The first-order chi connectivity index (χ1) is 10.0. The number of carbonyl (C=O) groups is 1. The minimum absolute atomic E-state index is 0.114. The van der Waals surface area contributed by atoms with Gasteiger partial charge in [-0.05, 0) is 28.1 Å². The maximum atomic E-state index is 12.2. The van der Waals surface area contributed by atoms with Crippen molar-refractivity contribution in [3.63, 3.8) is 0 Å². The Bertz CT molecular complexity index is 744. The number of fused-ring (bicyclic) bond motifs is 1. The molecule has 108 valence electrons. The van der Waals surface area contributed by atoms with Gasteiger partial charge in [-0.3, -0.25) is 4.79 Å². The molecular formula is C11H7BrN4O5. The monoisotopic (exact) mass is 354 g/mol. The highest BCUT2D eigenvalue weighted by molar-refractivity contribution is 9.10. The number of benzene rings is 1. The van der Waals surface area contributed by atoms with Gasteiger partial charge in [0.2, 0.25) is 6.79 Å². The molecule has 0 aliphatic carbocycles. The summed E-state index contributed by atoms with van der Waals surface area (Å²) in [5, 5.41) is 14.2. The van der Waals surface area contributed by atoms with E-state index in [0.717, 1.165) is 4.68 Å². The van der Waals surface area contributed by atoms with Gasteiger partial charge >= 0.3 is 5.95 Å². The van der Waals surface area contributed by atoms with E-state index in [9.17, 15) is 14.9 Å². The third-order valence-electron chi connectivity index (χ3n) is 2.77. The lowest BCUT2D eigenvalue weighted by Gasteiger charge is -2.01. The van der Waals surface area contributed by atoms with Gasteiger partial charge in [0.1, 0.15) is 6.54 Å². The number of ether oxygens (including phenoxy) is 2. The van der Waals surface area contributed by atoms with Gasteiger partial charge in [0.05, 0.1) is 0 Å². The Labute approximate surface area is 125 Å². The Kier molecular flexibility index (Phi) is 3.29. The van der Waals surface area contributed by atoms with E-state index in [4.69, 9.17) is 9.47 Å². The molecule has 1 aliphatic rings. The van der Waals surface area contributed by atoms with Crippen molar-refractivity contribution in [2.75, 3.05) is 6.79 Å². The maximum absolute atomic E-state index is 12.2. The van der Waals surface area contributed by atoms with Crippen molar-refractivity contribution in [1.82, 2.24) is 14.8 Å². The third-order valence-corrected chi connectivity index (χ3v) is 3.35. The predicted octanol–water partition coefficient (Wildman–Crippen LogP) is 1.56. The predicted molar refractivity (Wildman–Crippen MR) is 71.3 cm³/mol. The first kappa shape index (κ1) is 13.5. The molecule has 9 nitrogen and oxygen atoms in total. The van der Waals surface area contributed by atoms with Crippen LogP contribution in [0.1, 0.15) is 10.4 Å². The second-order valence-electron chi connectivity index (χ2n) is 4.09. The molecule has 3 rings (SSSR count). The molecule has 0 radical (unpaired) electrons. The zero-order valence-electron chi connectivity index (χ0n) is 10.4. The number of aromatic nitrogens is 3. The molecule has 1 aliphatic heterocycles. The fourth-order valence-electron chi connectivity index (χ4n) is 1.79. The molecule has 0 unspecified atom stereocenters. The summed E-state index contributed by atoms with van der Waals surface area (Å²) in [7, 11) is 0. The van der Waals surface area contributed by atoms with E-state index >= 15 is 0 Å². The first-order valence-corrected chi connectivity index (χ1v) is 6.51. The summed E-state index contributed by atoms with van der Waals surface area (Å²) < 4.78 is 11.6. The van der Waals surface area contributed by atoms with Crippen LogP contribution in [0.4, 0.5) is 5.95 Å². The molecule has 2 aromatic rings. The number of hydrogen-bond acceptors (Lipinski definition) is 7. The van der Waals surface area contributed by atoms with Crippen LogP contribution in [0.2, 0.25) is 0 Å². The van der Waals surface area contributed by atoms with Crippen LogP contribution in [-0.4, -0.2) is 32.3 Å². The number of hydrogen-bond donors (Lipinski definition) is 0. The fraction of sp³-hybridized carbons (Fsp3) is 0.182. The largest absolute Gasteiger partial charge is 0.492 e. The molecule has 0 amide bonds. The standard InChI is InChI=1S/C11H7BrN4O5/c12-10-13-11(16(18)19)14-15(10)4-7(17)6-1-2-8-9(3-6)21-5-20-8/h1-3H,4-5H2. The van der Waals surface area contributed by atoms with Gasteiger partial charge in [0.15, 0.2) is 17.3 Å². The zero-order chi connectivity index (χ0) is 15.0. The van der Waals surface area contributed by atoms with Gasteiger partial charge in [0, 0.05) is 26.6 Å². The Morgan fingerprint density at radius 3 is 2.90 bits per heavy atom. The molecule has 0 saturated heterocycles. The molecule has 0 bridgehead atoms. The van der Waals surface area contributed by atoms with Gasteiger partial charge in [0.25, 0.3) is 4.73 Å². The minimum atomic E-state index is -0.730. The van der Waals surface area contributed by atoms with Crippen LogP contribution in [0.25, 0.3) is 0 Å². The van der Waals surface area contributed by atoms with Crippen molar-refractivity contribution in [3.8, 4) is 11.5 Å². The quantitative estimate of drug-likeness (QED) is 0.465. The van der Waals surface area contributed by atoms with Crippen LogP contribution in [0.3, 0.4) is 0 Å². The smallest absolute Gasteiger partial charge is 0.454 e. The van der Waals surface area contributed by atoms with Gasteiger partial charge in [-0.1, -0.05) is 0 Å². The zero-order valence-corrected chi connectivity index (χ0v) is 11.9. The van der Waals surface area contributed by atoms with Crippen molar-refractivity contribution in [2.24, 2.45) is 0 Å². The number of ketones is 1. The molecule has 0 atom stereocenters. The third kappa shape index (κ3) is 2.57. The normalized spacial score (nSPS) is 12.4. The van der Waals surface area contributed by atoms with E-state index in [1.807, 2.05) is 0 Å². The number of Topliss-reactive ketones (excluding diaryl/α,β-unsaturated/α-hetero) is 1. The summed E-state index contributed by atoms with van der Waals surface area (Å²) in [6.07, 6.45) is 0. The second-order valence-corrected chi connectivity index (χ2v) is 4.80. The van der Waals surface area contributed by atoms with Crippen molar-refractivity contribution in [3.05, 3.63) is 38.6 Å². The molecule has 0 fully saturated rings. The highest BCUT2D eigenvalue weighted by Crippen LogP contribution is 2.32. The molecular weight excluding hydrogens is 348 g/mol. The van der Waals surface area contributed by atoms with Gasteiger partial charge in [-0.2, -0.15) is 4.68 Å². The minimum Gasteiger partial charge on any atom is -0.454 e. The average Bonchev–Trinajstić information content (AvgIpc) is 3.05. The van der Waals surface area contributed by atoms with Crippen molar-refractivity contribution in [1.29, 1.82) is 0 Å². The Morgan fingerprint density at radius 2 is 2.19 bits per heavy atom. The van der Waals surface area contributed by atoms with Gasteiger partial charge in [-0.15, -0.1) is 0 Å². The van der Waals surface area contributed by atoms with Crippen LogP contribution in [0.15, 0.2) is 22.9 Å². The van der Waals surface area contributed by atoms with Crippen LogP contribution >= 0.6 is 15.9 Å². The van der Waals surface area contributed by atoms with E-state index in [-0.39, 0.29) is 23.9 Å². The average molecular weight is 355 g/mol. The fourth-order valence-corrected chi connectivity index (χ4v) is 2.15. The molecule has 0 N–H and O–H groups in total. The Morgan fingerprint density at radius 1 is 1.43 bits per heavy atom. The molecule has 1 aromatic carbocycles. The van der Waals surface area contributed by atoms with E-state index in [1.54, 1.807) is 18.2 Å². The lowest BCUT2D eigenvalue weighted by molar-refractivity contribution is -0.394. The van der Waals surface area contributed by atoms with Gasteiger partial charge in [-0.25, -0.2) is 0 Å². The number of nitrogens with zero attached hydrogens (tertiary/aromatic N) is 4. The Balaban J connectivity index is 1.82. The summed E-state index contributed by atoms with van der Waals surface area (Å²) >= 11 is 3.02. The number of carbonyl (C=O) groups excluding carboxylic acids is 1. The van der Waals surface area contributed by atoms with Crippen LogP contribution in [0.5, 0.6) is 11.5 Å². The van der Waals surface area contributed by atoms with Crippen molar-refractivity contribution >= 4 is 27.7 Å². The molecule has 1 aromatic heterocycles. The SMILES string of the molecule is O=C(Cn1nc([N+](=O)[O-])nc1Br)c1ccc2c(c1)OCO2. The Hall–Kier alpha value is -2.49. The summed E-state index contributed by atoms with van der Waals surface area (Å²) in [6.45, 7) is -0.0607. The number of halogens is 1. The van der Waals surface area contributed by atoms with Crippen molar-refractivity contribution < 1.29 is 19.2 Å². The highest BCUT2D eigenvalue weighted by atomic mass is 79.9. The molecule has 21 heavy (non-hydrogen) atoms. The molecule has 0 spiro atoms. The number of rotatable bonds is 4. The second kappa shape index (κ2) is 5.13. The van der Waals surface area contributed by atoms with E-state index in [2.05, 4.69) is 26.0 Å². The topological polar surface area (TPSA) is 109 Å². The summed E-state index contributed by atoms with van der Waals surface area (Å²) in [6, 6.07) is 4.79. The van der Waals surface area contributed by atoms with Crippen LogP contribution in [0, 0.1) is 10.1 Å².